The van der Waals surface area contributed by atoms with E-state index in [1.165, 1.54) is 29.2 Å². The molecule has 0 N–H and O–H groups in total. The van der Waals surface area contributed by atoms with Gasteiger partial charge in [0.25, 0.3) is 0 Å². The Morgan fingerprint density at radius 1 is 1.00 bits per heavy atom. The third-order valence-corrected chi connectivity index (χ3v) is 8.70. The number of halogens is 2. The maximum atomic E-state index is 16.2. The van der Waals surface area contributed by atoms with E-state index in [9.17, 15) is 9.18 Å². The molecule has 1 aliphatic rings. The van der Waals surface area contributed by atoms with Gasteiger partial charge in [0, 0.05) is 50.1 Å². The number of carbonyl (C=O) groups is 1. The molecule has 0 spiro atoms. The fourth-order valence-electron chi connectivity index (χ4n) is 5.41. The lowest BCUT2D eigenvalue weighted by molar-refractivity contribution is -0.129. The number of imidazole rings is 1. The second-order valence-electron chi connectivity index (χ2n) is 10.9. The molecular weight excluding hydrogens is 566 g/mol. The maximum absolute atomic E-state index is 16.2. The number of likely N-dealkylation sites (N-methyl/N-ethyl adjacent to an activating group) is 1. The van der Waals surface area contributed by atoms with Crippen molar-refractivity contribution in [3.8, 4) is 33.2 Å². The standard InChI is InChI=1S/C33H32F2N6OS/c1-5-27-31(41-18-23(8-13-28(41)36-27)21-14-16-40(17-15-21)19-29(42)39(3)4)26-12-11-25(20(2)30(26)35)33-37-32(38-43-33)22-6-9-24(34)10-7-22/h6-14,18H,5,15-17,19H2,1-4H3. The Balaban J connectivity index is 1.33. The number of aromatic nitrogens is 4. The highest BCUT2D eigenvalue weighted by Gasteiger charge is 2.22. The summed E-state index contributed by atoms with van der Waals surface area (Å²) in [6.07, 6.45) is 5.70. The van der Waals surface area contributed by atoms with Crippen LogP contribution in [0.5, 0.6) is 0 Å². The van der Waals surface area contributed by atoms with Gasteiger partial charge < -0.3 is 4.90 Å². The first kappa shape index (κ1) is 28.8. The van der Waals surface area contributed by atoms with Crippen molar-refractivity contribution in [2.24, 2.45) is 0 Å². The first-order valence-electron chi connectivity index (χ1n) is 14.3. The predicted octanol–water partition coefficient (Wildman–Crippen LogP) is 6.51. The highest BCUT2D eigenvalue weighted by Crippen LogP contribution is 2.36. The molecule has 7 nitrogen and oxygen atoms in total. The second kappa shape index (κ2) is 11.8. The van der Waals surface area contributed by atoms with E-state index < -0.39 is 0 Å². The highest BCUT2D eigenvalue weighted by atomic mass is 32.1. The molecule has 0 aliphatic carbocycles. The Labute approximate surface area is 253 Å². The average molecular weight is 599 g/mol. The molecule has 4 heterocycles. The molecule has 1 aliphatic heterocycles. The first-order valence-corrected chi connectivity index (χ1v) is 15.0. The summed E-state index contributed by atoms with van der Waals surface area (Å²) in [5.41, 5.74) is 6.93. The average Bonchev–Trinajstić information content (AvgIpc) is 3.64. The van der Waals surface area contributed by atoms with Gasteiger partial charge in [-0.25, -0.2) is 18.7 Å². The molecule has 220 valence electrons. The SMILES string of the molecule is CCc1nc2ccc(C3=CCN(CC(=O)N(C)C)CC3)cn2c1-c1ccc(-c2nc(-c3ccc(F)cc3)ns2)c(C)c1F. The number of benzene rings is 2. The summed E-state index contributed by atoms with van der Waals surface area (Å²) in [5, 5.41) is 0.601. The van der Waals surface area contributed by atoms with Crippen molar-refractivity contribution in [2.75, 3.05) is 33.7 Å². The molecule has 0 fully saturated rings. The topological polar surface area (TPSA) is 66.6 Å². The molecule has 0 bridgehead atoms. The number of hydrogen-bond acceptors (Lipinski definition) is 6. The first-order chi connectivity index (χ1) is 20.7. The summed E-state index contributed by atoms with van der Waals surface area (Å²) in [6.45, 7) is 5.68. The van der Waals surface area contributed by atoms with Crippen LogP contribution in [-0.2, 0) is 11.2 Å². The van der Waals surface area contributed by atoms with Crippen LogP contribution in [-0.4, -0.2) is 68.2 Å². The summed E-state index contributed by atoms with van der Waals surface area (Å²) < 4.78 is 36.0. The summed E-state index contributed by atoms with van der Waals surface area (Å²) in [7, 11) is 3.55. The van der Waals surface area contributed by atoms with Crippen LogP contribution in [0.25, 0.3) is 44.4 Å². The van der Waals surface area contributed by atoms with Crippen molar-refractivity contribution in [3.05, 3.63) is 89.3 Å². The van der Waals surface area contributed by atoms with Gasteiger partial charge in [0.1, 0.15) is 22.3 Å². The molecule has 1 amide bonds. The van der Waals surface area contributed by atoms with Gasteiger partial charge >= 0.3 is 0 Å². The Kier molecular flexibility index (Phi) is 7.89. The number of fused-ring (bicyclic) bond motifs is 1. The number of aryl methyl sites for hydroxylation is 1. The normalized spacial score (nSPS) is 13.9. The van der Waals surface area contributed by atoms with Crippen LogP contribution in [0.4, 0.5) is 8.78 Å². The number of rotatable bonds is 7. The quantitative estimate of drug-likeness (QED) is 0.214. The Morgan fingerprint density at radius 2 is 1.74 bits per heavy atom. The molecule has 0 unspecified atom stereocenters. The van der Waals surface area contributed by atoms with E-state index in [0.29, 0.717) is 52.6 Å². The molecule has 6 rings (SSSR count). The van der Waals surface area contributed by atoms with Crippen molar-refractivity contribution in [1.29, 1.82) is 0 Å². The highest BCUT2D eigenvalue weighted by molar-refractivity contribution is 7.09. The predicted molar refractivity (Wildman–Crippen MR) is 167 cm³/mol. The third-order valence-electron chi connectivity index (χ3n) is 7.95. The molecule has 3 aromatic heterocycles. The molecular formula is C33H32F2N6OS. The lowest BCUT2D eigenvalue weighted by Gasteiger charge is -2.27. The molecule has 0 saturated heterocycles. The van der Waals surface area contributed by atoms with E-state index in [1.54, 1.807) is 44.1 Å². The number of hydrogen-bond donors (Lipinski definition) is 0. The number of nitrogens with zero attached hydrogens (tertiary/aromatic N) is 6. The molecule has 2 aromatic carbocycles. The van der Waals surface area contributed by atoms with E-state index in [-0.39, 0.29) is 17.5 Å². The number of carbonyl (C=O) groups excluding carboxylic acids is 1. The molecule has 0 atom stereocenters. The van der Waals surface area contributed by atoms with Crippen molar-refractivity contribution in [2.45, 2.75) is 26.7 Å². The lowest BCUT2D eigenvalue weighted by Crippen LogP contribution is -2.38. The van der Waals surface area contributed by atoms with Crippen LogP contribution in [0.1, 0.15) is 30.2 Å². The second-order valence-corrected chi connectivity index (χ2v) is 11.7. The molecule has 43 heavy (non-hydrogen) atoms. The monoisotopic (exact) mass is 598 g/mol. The van der Waals surface area contributed by atoms with Gasteiger partial charge in [-0.15, -0.1) is 0 Å². The third kappa shape index (κ3) is 5.60. The maximum Gasteiger partial charge on any atom is 0.236 e. The van der Waals surface area contributed by atoms with Gasteiger partial charge in [-0.1, -0.05) is 19.1 Å². The van der Waals surface area contributed by atoms with Crippen LogP contribution in [0, 0.1) is 18.6 Å². The summed E-state index contributed by atoms with van der Waals surface area (Å²) in [5.74, 6) is -0.0720. The Bertz CT molecular complexity index is 1860. The minimum absolute atomic E-state index is 0.0937. The fraction of sp³-hybridized carbons (Fsp3) is 0.273. The van der Waals surface area contributed by atoms with Crippen LogP contribution in [0.2, 0.25) is 0 Å². The van der Waals surface area contributed by atoms with Gasteiger partial charge in [-0.05, 0) is 90.5 Å². The van der Waals surface area contributed by atoms with Gasteiger partial charge in [0.05, 0.1) is 17.9 Å². The van der Waals surface area contributed by atoms with Crippen LogP contribution < -0.4 is 0 Å². The fourth-order valence-corrected chi connectivity index (χ4v) is 6.18. The van der Waals surface area contributed by atoms with Crippen molar-refractivity contribution in [1.82, 2.24) is 28.5 Å². The van der Waals surface area contributed by atoms with E-state index in [1.807, 2.05) is 29.7 Å². The van der Waals surface area contributed by atoms with Crippen LogP contribution in [0.15, 0.2) is 60.8 Å². The number of amides is 1. The molecule has 0 radical (unpaired) electrons. The van der Waals surface area contributed by atoms with Crippen molar-refractivity contribution in [3.63, 3.8) is 0 Å². The van der Waals surface area contributed by atoms with E-state index in [2.05, 4.69) is 26.4 Å². The van der Waals surface area contributed by atoms with Crippen LogP contribution >= 0.6 is 11.5 Å². The van der Waals surface area contributed by atoms with Gasteiger partial charge in [0.2, 0.25) is 5.91 Å². The largest absolute Gasteiger partial charge is 0.348 e. The Morgan fingerprint density at radius 3 is 2.44 bits per heavy atom. The Hall–Kier alpha value is -4.28. The zero-order valence-corrected chi connectivity index (χ0v) is 25.4. The minimum Gasteiger partial charge on any atom is -0.348 e. The van der Waals surface area contributed by atoms with Crippen molar-refractivity contribution < 1.29 is 13.6 Å². The molecule has 5 aromatic rings. The zero-order valence-electron chi connectivity index (χ0n) is 24.6. The summed E-state index contributed by atoms with van der Waals surface area (Å²) in [6, 6.07) is 13.7. The zero-order chi connectivity index (χ0) is 30.2. The van der Waals surface area contributed by atoms with Gasteiger partial charge in [0.15, 0.2) is 5.82 Å². The van der Waals surface area contributed by atoms with Gasteiger partial charge in [-0.3, -0.25) is 14.1 Å². The summed E-state index contributed by atoms with van der Waals surface area (Å²) >= 11 is 1.19. The van der Waals surface area contributed by atoms with Crippen molar-refractivity contribution >= 4 is 28.7 Å². The van der Waals surface area contributed by atoms with E-state index in [4.69, 9.17) is 4.98 Å². The van der Waals surface area contributed by atoms with E-state index >= 15 is 4.39 Å². The van der Waals surface area contributed by atoms with Crippen LogP contribution in [0.3, 0.4) is 0 Å². The minimum atomic E-state index is -0.325. The summed E-state index contributed by atoms with van der Waals surface area (Å²) in [4.78, 5) is 25.3. The molecule has 0 saturated carbocycles. The smallest absolute Gasteiger partial charge is 0.236 e. The van der Waals surface area contributed by atoms with E-state index in [0.717, 1.165) is 35.6 Å². The number of pyridine rings is 1. The lowest BCUT2D eigenvalue weighted by atomic mass is 9.99. The van der Waals surface area contributed by atoms with Gasteiger partial charge in [-0.2, -0.15) is 4.37 Å². The molecule has 10 heteroatoms.